The lowest BCUT2D eigenvalue weighted by Gasteiger charge is -2.15. The van der Waals surface area contributed by atoms with Gasteiger partial charge < -0.3 is 10.4 Å². The first kappa shape index (κ1) is 20.1. The molecule has 4 rings (SSSR count). The molecule has 1 fully saturated rings. The molecule has 1 aliphatic carbocycles. The first-order valence-corrected chi connectivity index (χ1v) is 11.3. The highest BCUT2D eigenvalue weighted by atomic mass is 32.2. The highest BCUT2D eigenvalue weighted by molar-refractivity contribution is 7.98. The lowest BCUT2D eigenvalue weighted by atomic mass is 10.1. The average molecular weight is 425 g/mol. The third kappa shape index (κ3) is 4.86. The fourth-order valence-electron chi connectivity index (χ4n) is 3.41. The van der Waals surface area contributed by atoms with Crippen LogP contribution in [0.1, 0.15) is 33.6 Å². The van der Waals surface area contributed by atoms with Crippen molar-refractivity contribution in [2.24, 2.45) is 5.92 Å². The molecule has 0 aliphatic heterocycles. The van der Waals surface area contributed by atoms with Crippen molar-refractivity contribution in [1.82, 2.24) is 9.97 Å². The molecule has 0 saturated heterocycles. The van der Waals surface area contributed by atoms with Gasteiger partial charge in [-0.25, -0.2) is 9.97 Å². The quantitative estimate of drug-likeness (QED) is 0.431. The summed E-state index contributed by atoms with van der Waals surface area (Å²) in [5, 5.41) is 15.3. The Morgan fingerprint density at radius 1 is 1.31 bits per heavy atom. The minimum atomic E-state index is -0.421. The van der Waals surface area contributed by atoms with Gasteiger partial charge in [0.25, 0.3) is 0 Å². The minimum Gasteiger partial charge on any atom is -0.393 e. The number of hydrogen-bond acceptors (Lipinski definition) is 7. The van der Waals surface area contributed by atoms with E-state index < -0.39 is 6.10 Å². The Morgan fingerprint density at radius 2 is 2.14 bits per heavy atom. The van der Waals surface area contributed by atoms with Crippen LogP contribution in [0.2, 0.25) is 0 Å². The Hall–Kier alpha value is -2.22. The molecule has 0 bridgehead atoms. The van der Waals surface area contributed by atoms with E-state index in [0.717, 1.165) is 17.7 Å². The van der Waals surface area contributed by atoms with E-state index in [0.29, 0.717) is 22.7 Å². The number of hydrogen-bond donors (Lipinski definition) is 2. The van der Waals surface area contributed by atoms with Crippen LogP contribution in [0.3, 0.4) is 0 Å². The molecule has 5 nitrogen and oxygen atoms in total. The van der Waals surface area contributed by atoms with Gasteiger partial charge in [-0.1, -0.05) is 18.2 Å². The molecule has 0 amide bonds. The van der Waals surface area contributed by atoms with Crippen LogP contribution in [0.5, 0.6) is 0 Å². The summed E-state index contributed by atoms with van der Waals surface area (Å²) in [6.45, 7) is 3.97. The number of aliphatic hydroxyl groups excluding tert-OH is 1. The van der Waals surface area contributed by atoms with E-state index in [9.17, 15) is 9.90 Å². The number of benzene rings is 1. The Morgan fingerprint density at radius 3 is 2.90 bits per heavy atom. The van der Waals surface area contributed by atoms with Crippen molar-refractivity contribution < 1.29 is 9.90 Å². The van der Waals surface area contributed by atoms with Gasteiger partial charge in [0.1, 0.15) is 12.1 Å². The molecule has 29 heavy (non-hydrogen) atoms. The smallest absolute Gasteiger partial charge is 0.208 e. The van der Waals surface area contributed by atoms with Crippen molar-refractivity contribution in [2.75, 3.05) is 5.32 Å². The second-order valence-corrected chi connectivity index (χ2v) is 9.14. The Bertz CT molecular complexity index is 967. The maximum absolute atomic E-state index is 13.1. The predicted molar refractivity (Wildman–Crippen MR) is 117 cm³/mol. The fourth-order valence-corrected chi connectivity index (χ4v) is 5.23. The van der Waals surface area contributed by atoms with E-state index in [2.05, 4.69) is 34.3 Å². The summed E-state index contributed by atoms with van der Waals surface area (Å²) in [7, 11) is 0. The monoisotopic (exact) mass is 424 g/mol. The maximum Gasteiger partial charge on any atom is 0.208 e. The summed E-state index contributed by atoms with van der Waals surface area (Å²) in [6.07, 6.45) is 3.92. The van der Waals surface area contributed by atoms with Crippen LogP contribution in [-0.4, -0.2) is 33.0 Å². The molecule has 7 heteroatoms. The van der Waals surface area contributed by atoms with Gasteiger partial charge in [-0.05, 0) is 54.8 Å². The molecule has 2 heterocycles. The first-order valence-electron chi connectivity index (χ1n) is 9.48. The van der Waals surface area contributed by atoms with Gasteiger partial charge in [0, 0.05) is 22.9 Å². The summed E-state index contributed by atoms with van der Waals surface area (Å²) in [6, 6.07) is 12.2. The number of nitrogens with one attached hydrogen (secondary N) is 1. The van der Waals surface area contributed by atoms with Gasteiger partial charge >= 0.3 is 0 Å². The fraction of sp³-hybridized carbons (Fsp3) is 0.273. The molecule has 0 spiro atoms. The lowest BCUT2D eigenvalue weighted by molar-refractivity contribution is 0.104. The van der Waals surface area contributed by atoms with Gasteiger partial charge in [0.15, 0.2) is 0 Å². The summed E-state index contributed by atoms with van der Waals surface area (Å²) in [5.41, 5.74) is 1.58. The highest BCUT2D eigenvalue weighted by Gasteiger charge is 2.31. The second kappa shape index (κ2) is 9.07. The highest BCUT2D eigenvalue weighted by Crippen LogP contribution is 2.30. The summed E-state index contributed by atoms with van der Waals surface area (Å²) in [5.74, 6) is 1.24. The lowest BCUT2D eigenvalue weighted by Crippen LogP contribution is -2.20. The SMILES string of the molecule is [CH2][C@@H]1C[C@@H](Nc2ncncc2C(=O)c2cc(CSc3ccccc3)cs2)C[C@@H]1O. The Kier molecular flexibility index (Phi) is 6.28. The van der Waals surface area contributed by atoms with E-state index >= 15 is 0 Å². The zero-order chi connectivity index (χ0) is 20.2. The molecule has 2 N–H and O–H groups in total. The molecule has 1 radical (unpaired) electrons. The molecule has 149 valence electrons. The number of thioether (sulfide) groups is 1. The van der Waals surface area contributed by atoms with Crippen molar-refractivity contribution in [1.29, 1.82) is 0 Å². The molecule has 0 unspecified atom stereocenters. The third-order valence-corrected chi connectivity index (χ3v) is 7.04. The van der Waals surface area contributed by atoms with Crippen LogP contribution in [-0.2, 0) is 5.75 Å². The molecule has 1 aliphatic rings. The number of aromatic nitrogens is 2. The Labute approximate surface area is 178 Å². The van der Waals surface area contributed by atoms with Crippen LogP contribution in [0.25, 0.3) is 0 Å². The van der Waals surface area contributed by atoms with Crippen molar-refractivity contribution in [2.45, 2.75) is 35.6 Å². The number of ketones is 1. The van der Waals surface area contributed by atoms with Gasteiger partial charge in [-0.3, -0.25) is 4.79 Å². The molecule has 1 aromatic carbocycles. The number of rotatable bonds is 7. The zero-order valence-corrected chi connectivity index (χ0v) is 17.5. The number of carbonyl (C=O) groups is 1. The van der Waals surface area contributed by atoms with Gasteiger partial charge in [0.05, 0.1) is 16.5 Å². The normalized spacial score (nSPS) is 21.2. The number of nitrogens with zero attached hydrogens (tertiary/aromatic N) is 2. The van der Waals surface area contributed by atoms with Crippen molar-refractivity contribution in [3.8, 4) is 0 Å². The van der Waals surface area contributed by atoms with Crippen LogP contribution in [0.15, 0.2) is 59.2 Å². The van der Waals surface area contributed by atoms with Gasteiger partial charge in [-0.15, -0.1) is 23.1 Å². The number of thiophene rings is 1. The van der Waals surface area contributed by atoms with Crippen molar-refractivity contribution in [3.63, 3.8) is 0 Å². The molecular weight excluding hydrogens is 402 g/mol. The van der Waals surface area contributed by atoms with E-state index in [1.807, 2.05) is 29.6 Å². The van der Waals surface area contributed by atoms with Crippen molar-refractivity contribution in [3.05, 3.63) is 77.2 Å². The van der Waals surface area contributed by atoms with Crippen LogP contribution in [0.4, 0.5) is 5.82 Å². The van der Waals surface area contributed by atoms with Crippen LogP contribution >= 0.6 is 23.1 Å². The standard InChI is InChI=1S/C22H22N3O2S2/c1-14-7-16(9-19(14)26)25-22-18(10-23-13-24-22)21(27)20-8-15(12-29-20)11-28-17-5-3-2-4-6-17/h2-6,8,10,12-14,16,19,26H,1,7,9,11H2,(H,23,24,25)/t14-,16-,19+/m1/s1. The van der Waals surface area contributed by atoms with E-state index in [-0.39, 0.29) is 17.7 Å². The topological polar surface area (TPSA) is 75.1 Å². The number of anilines is 1. The van der Waals surface area contributed by atoms with Crippen LogP contribution in [0, 0.1) is 12.8 Å². The first-order chi connectivity index (χ1) is 14.1. The van der Waals surface area contributed by atoms with Crippen LogP contribution < -0.4 is 5.32 Å². The van der Waals surface area contributed by atoms with E-state index in [1.165, 1.54) is 22.6 Å². The largest absolute Gasteiger partial charge is 0.393 e. The van der Waals surface area contributed by atoms with E-state index in [4.69, 9.17) is 0 Å². The van der Waals surface area contributed by atoms with Gasteiger partial charge in [-0.2, -0.15) is 0 Å². The minimum absolute atomic E-state index is 0.00421. The maximum atomic E-state index is 13.1. The third-order valence-electron chi connectivity index (χ3n) is 4.98. The molecule has 2 aromatic heterocycles. The van der Waals surface area contributed by atoms with E-state index in [1.54, 1.807) is 18.0 Å². The molecule has 3 atom stereocenters. The molecule has 3 aromatic rings. The average Bonchev–Trinajstić information content (AvgIpc) is 3.33. The Balaban J connectivity index is 1.45. The summed E-state index contributed by atoms with van der Waals surface area (Å²) >= 11 is 3.19. The zero-order valence-electron chi connectivity index (χ0n) is 15.8. The molecule has 1 saturated carbocycles. The second-order valence-electron chi connectivity index (χ2n) is 7.18. The summed E-state index contributed by atoms with van der Waals surface area (Å²) in [4.78, 5) is 23.3. The van der Waals surface area contributed by atoms with Crippen molar-refractivity contribution >= 4 is 34.7 Å². The predicted octanol–water partition coefficient (Wildman–Crippen LogP) is 4.45. The molecular formula is C22H22N3O2S2. The number of carbonyl (C=O) groups excluding carboxylic acids is 1. The summed E-state index contributed by atoms with van der Waals surface area (Å²) < 4.78 is 0. The number of aliphatic hydroxyl groups is 1. The van der Waals surface area contributed by atoms with Gasteiger partial charge in [0.2, 0.25) is 5.78 Å².